The zero-order chi connectivity index (χ0) is 20.1. The van der Waals surface area contributed by atoms with Crippen molar-refractivity contribution in [2.24, 2.45) is 7.05 Å². The Morgan fingerprint density at radius 2 is 2.03 bits per heavy atom. The molecule has 4 heterocycles. The number of imidazole rings is 1. The average molecular weight is 391 g/mol. The third-order valence-corrected chi connectivity index (χ3v) is 5.36. The Bertz CT molecular complexity index is 1150. The second kappa shape index (κ2) is 6.40. The Kier molecular flexibility index (Phi) is 3.83. The number of amides is 3. The smallest absolute Gasteiger partial charge is 0.255 e. The molecule has 3 amide bonds. The van der Waals surface area contributed by atoms with Crippen LogP contribution >= 0.6 is 0 Å². The van der Waals surface area contributed by atoms with Crippen molar-refractivity contribution in [3.63, 3.8) is 0 Å². The van der Waals surface area contributed by atoms with Crippen LogP contribution in [0.4, 0.5) is 0 Å². The van der Waals surface area contributed by atoms with Crippen LogP contribution in [0.25, 0.3) is 22.8 Å². The van der Waals surface area contributed by atoms with E-state index >= 15 is 0 Å². The summed E-state index contributed by atoms with van der Waals surface area (Å²) in [5.74, 6) is -0.221. The minimum Gasteiger partial charge on any atom is -0.364 e. The molecule has 9 nitrogen and oxygen atoms in total. The maximum Gasteiger partial charge on any atom is 0.255 e. The first kappa shape index (κ1) is 17.4. The lowest BCUT2D eigenvalue weighted by Gasteiger charge is -2.29. The molecule has 0 bridgehead atoms. The normalized spacial score (nSPS) is 18.9. The summed E-state index contributed by atoms with van der Waals surface area (Å²) in [6, 6.07) is 6.66. The first-order chi connectivity index (χ1) is 14.0. The summed E-state index contributed by atoms with van der Waals surface area (Å²) in [6.07, 6.45) is 3.97. The number of hydrogen-bond donors (Lipinski definition) is 1. The molecular formula is C20H17N5O4. The third-order valence-electron chi connectivity index (χ3n) is 5.36. The van der Waals surface area contributed by atoms with Gasteiger partial charge in [0.25, 0.3) is 5.91 Å². The molecule has 2 aliphatic rings. The summed E-state index contributed by atoms with van der Waals surface area (Å²) in [6.45, 7) is 0.331. The van der Waals surface area contributed by atoms with E-state index < -0.39 is 11.9 Å². The molecule has 5 rings (SSSR count). The molecule has 0 aliphatic carbocycles. The van der Waals surface area contributed by atoms with Crippen molar-refractivity contribution in [1.82, 2.24) is 24.9 Å². The highest BCUT2D eigenvalue weighted by Gasteiger charge is 2.39. The summed E-state index contributed by atoms with van der Waals surface area (Å²) in [7, 11) is 1.88. The highest BCUT2D eigenvalue weighted by molar-refractivity contribution is 6.05. The summed E-state index contributed by atoms with van der Waals surface area (Å²) in [4.78, 5) is 42.6. The van der Waals surface area contributed by atoms with E-state index in [2.05, 4.69) is 15.5 Å². The molecule has 1 unspecified atom stereocenters. The minimum atomic E-state index is -0.621. The van der Waals surface area contributed by atoms with Crippen molar-refractivity contribution in [1.29, 1.82) is 0 Å². The lowest BCUT2D eigenvalue weighted by atomic mass is 10.0. The van der Waals surface area contributed by atoms with Crippen molar-refractivity contribution >= 4 is 17.7 Å². The topological polar surface area (TPSA) is 110 Å². The van der Waals surface area contributed by atoms with Gasteiger partial charge >= 0.3 is 0 Å². The van der Waals surface area contributed by atoms with E-state index in [1.54, 1.807) is 12.1 Å². The standard InChI is InChI=1S/C20H17N5O4/c1-24-10-15(21-18(24)14-6-7-29-23-14)11-2-3-13-12(8-11)9-25(20(13)28)16-4-5-17(26)22-19(16)27/h2-3,6-8,10,16H,4-5,9H2,1H3,(H,22,26,27). The first-order valence-electron chi connectivity index (χ1n) is 9.23. The van der Waals surface area contributed by atoms with Crippen LogP contribution in [0.1, 0.15) is 28.8 Å². The van der Waals surface area contributed by atoms with Gasteiger partial charge in [0.05, 0.1) is 5.69 Å². The van der Waals surface area contributed by atoms with Crippen molar-refractivity contribution in [3.05, 3.63) is 47.9 Å². The van der Waals surface area contributed by atoms with Gasteiger partial charge in [-0.3, -0.25) is 19.7 Å². The fourth-order valence-corrected chi connectivity index (χ4v) is 3.91. The summed E-state index contributed by atoms with van der Waals surface area (Å²) >= 11 is 0. The van der Waals surface area contributed by atoms with E-state index in [0.717, 1.165) is 16.8 Å². The Labute approximate surface area is 165 Å². The predicted molar refractivity (Wildman–Crippen MR) is 100 cm³/mol. The second-order valence-corrected chi connectivity index (χ2v) is 7.22. The molecule has 146 valence electrons. The van der Waals surface area contributed by atoms with Gasteiger partial charge in [-0.05, 0) is 24.1 Å². The molecular weight excluding hydrogens is 374 g/mol. The van der Waals surface area contributed by atoms with E-state index in [9.17, 15) is 14.4 Å². The van der Waals surface area contributed by atoms with Gasteiger partial charge in [0.15, 0.2) is 5.82 Å². The van der Waals surface area contributed by atoms with Crippen molar-refractivity contribution in [3.8, 4) is 22.8 Å². The van der Waals surface area contributed by atoms with Crippen molar-refractivity contribution < 1.29 is 18.9 Å². The first-order valence-corrected chi connectivity index (χ1v) is 9.23. The van der Waals surface area contributed by atoms with Crippen molar-refractivity contribution in [2.45, 2.75) is 25.4 Å². The van der Waals surface area contributed by atoms with E-state index in [4.69, 9.17) is 4.52 Å². The maximum atomic E-state index is 12.8. The van der Waals surface area contributed by atoms with Crippen LogP contribution < -0.4 is 5.32 Å². The predicted octanol–water partition coefficient (Wildman–Crippen LogP) is 1.50. The summed E-state index contributed by atoms with van der Waals surface area (Å²) < 4.78 is 6.76. The third kappa shape index (κ3) is 2.82. The lowest BCUT2D eigenvalue weighted by molar-refractivity contribution is -0.136. The summed E-state index contributed by atoms with van der Waals surface area (Å²) in [5.41, 5.74) is 3.67. The Morgan fingerprint density at radius 3 is 2.79 bits per heavy atom. The zero-order valence-electron chi connectivity index (χ0n) is 15.6. The number of aryl methyl sites for hydroxylation is 1. The SMILES string of the molecule is Cn1cc(-c2ccc3c(c2)CN(C2CCC(=O)NC2=O)C3=O)nc1-c1ccon1. The highest BCUT2D eigenvalue weighted by atomic mass is 16.5. The molecule has 2 aromatic heterocycles. The van der Waals surface area contributed by atoms with Gasteiger partial charge in [-0.25, -0.2) is 4.98 Å². The van der Waals surface area contributed by atoms with Gasteiger partial charge in [-0.15, -0.1) is 0 Å². The van der Waals surface area contributed by atoms with Crippen LogP contribution in [0.15, 0.2) is 41.2 Å². The molecule has 3 aromatic rings. The zero-order valence-corrected chi connectivity index (χ0v) is 15.6. The number of aromatic nitrogens is 3. The van der Waals surface area contributed by atoms with E-state index in [-0.39, 0.29) is 18.2 Å². The molecule has 1 saturated heterocycles. The number of carbonyl (C=O) groups is 3. The van der Waals surface area contributed by atoms with Crippen LogP contribution in [0.3, 0.4) is 0 Å². The number of nitrogens with one attached hydrogen (secondary N) is 1. The van der Waals surface area contributed by atoms with Crippen LogP contribution in [-0.2, 0) is 23.2 Å². The minimum absolute atomic E-state index is 0.189. The monoisotopic (exact) mass is 391 g/mol. The number of benzene rings is 1. The molecule has 29 heavy (non-hydrogen) atoms. The number of rotatable bonds is 3. The maximum absolute atomic E-state index is 12.8. The molecule has 0 saturated carbocycles. The number of nitrogens with zero attached hydrogens (tertiary/aromatic N) is 4. The number of hydrogen-bond acceptors (Lipinski definition) is 6. The van der Waals surface area contributed by atoms with Gasteiger partial charge in [-0.1, -0.05) is 11.2 Å². The van der Waals surface area contributed by atoms with Gasteiger partial charge in [-0.2, -0.15) is 0 Å². The second-order valence-electron chi connectivity index (χ2n) is 7.22. The Hall–Kier alpha value is -3.75. The highest BCUT2D eigenvalue weighted by Crippen LogP contribution is 2.31. The van der Waals surface area contributed by atoms with Gasteiger partial charge in [0, 0.05) is 43.4 Å². The molecule has 0 spiro atoms. The molecule has 2 aliphatic heterocycles. The molecule has 1 N–H and O–H groups in total. The Balaban J connectivity index is 1.44. The van der Waals surface area contributed by atoms with Crippen LogP contribution in [0.5, 0.6) is 0 Å². The number of carbonyl (C=O) groups excluding carboxylic acids is 3. The number of piperidine rings is 1. The molecule has 9 heteroatoms. The lowest BCUT2D eigenvalue weighted by Crippen LogP contribution is -2.52. The number of imide groups is 1. The largest absolute Gasteiger partial charge is 0.364 e. The van der Waals surface area contributed by atoms with Crippen molar-refractivity contribution in [2.75, 3.05) is 0 Å². The molecule has 1 atom stereocenters. The van der Waals surface area contributed by atoms with Crippen LogP contribution in [-0.4, -0.2) is 43.4 Å². The van der Waals surface area contributed by atoms with Gasteiger partial charge < -0.3 is 14.0 Å². The van der Waals surface area contributed by atoms with E-state index in [1.807, 2.05) is 29.9 Å². The number of fused-ring (bicyclic) bond motifs is 1. The fourth-order valence-electron chi connectivity index (χ4n) is 3.91. The molecule has 0 radical (unpaired) electrons. The van der Waals surface area contributed by atoms with Gasteiger partial charge in [0.1, 0.15) is 18.0 Å². The van der Waals surface area contributed by atoms with E-state index in [1.165, 1.54) is 11.2 Å². The van der Waals surface area contributed by atoms with Crippen LogP contribution in [0.2, 0.25) is 0 Å². The average Bonchev–Trinajstić information content (AvgIpc) is 3.41. The van der Waals surface area contributed by atoms with Crippen LogP contribution in [0, 0.1) is 0 Å². The quantitative estimate of drug-likeness (QED) is 0.678. The Morgan fingerprint density at radius 1 is 1.17 bits per heavy atom. The molecule has 1 aromatic carbocycles. The summed E-state index contributed by atoms with van der Waals surface area (Å²) in [5, 5.41) is 6.24. The fraction of sp³-hybridized carbons (Fsp3) is 0.250. The molecule has 1 fully saturated rings. The van der Waals surface area contributed by atoms with E-state index in [0.29, 0.717) is 30.0 Å². The van der Waals surface area contributed by atoms with Gasteiger partial charge in [0.2, 0.25) is 11.8 Å².